The van der Waals surface area contributed by atoms with Crippen molar-refractivity contribution in [2.45, 2.75) is 24.2 Å². The van der Waals surface area contributed by atoms with Crippen LogP contribution in [0, 0.1) is 0 Å². The summed E-state index contributed by atoms with van der Waals surface area (Å²) >= 11 is 6.08. The number of hydrogen-bond acceptors (Lipinski definition) is 5. The number of anilines is 2. The third kappa shape index (κ3) is 4.71. The third-order valence-corrected chi connectivity index (χ3v) is 7.14. The van der Waals surface area contributed by atoms with Crippen LogP contribution in [-0.4, -0.2) is 52.9 Å². The molecule has 2 aromatic carbocycles. The molecular formula is C21H26ClN3O4S. The Labute approximate surface area is 182 Å². The first-order valence-electron chi connectivity index (χ1n) is 9.70. The van der Waals surface area contributed by atoms with Crippen molar-refractivity contribution in [1.29, 1.82) is 0 Å². The predicted octanol–water partition coefficient (Wildman–Crippen LogP) is 3.84. The summed E-state index contributed by atoms with van der Waals surface area (Å²) < 4.78 is 31.7. The molecule has 1 aliphatic rings. The van der Waals surface area contributed by atoms with Gasteiger partial charge in [0.2, 0.25) is 10.0 Å². The highest BCUT2D eigenvalue weighted by molar-refractivity contribution is 7.89. The van der Waals surface area contributed by atoms with Crippen LogP contribution in [0.2, 0.25) is 5.02 Å². The zero-order chi connectivity index (χ0) is 21.9. The van der Waals surface area contributed by atoms with E-state index < -0.39 is 15.9 Å². The molecule has 1 heterocycles. The number of nitrogens with one attached hydrogen (secondary N) is 1. The van der Waals surface area contributed by atoms with E-state index in [0.29, 0.717) is 27.7 Å². The van der Waals surface area contributed by atoms with Gasteiger partial charge in [0.1, 0.15) is 5.75 Å². The monoisotopic (exact) mass is 451 g/mol. The summed E-state index contributed by atoms with van der Waals surface area (Å²) in [5.41, 5.74) is 1.42. The summed E-state index contributed by atoms with van der Waals surface area (Å²) in [6.45, 7) is 1.64. The predicted molar refractivity (Wildman–Crippen MR) is 119 cm³/mol. The minimum Gasteiger partial charge on any atom is -0.495 e. The lowest BCUT2D eigenvalue weighted by molar-refractivity contribution is 0.102. The van der Waals surface area contributed by atoms with Crippen LogP contribution in [0.4, 0.5) is 11.4 Å². The second kappa shape index (κ2) is 9.24. The number of sulfonamides is 1. The smallest absolute Gasteiger partial charge is 0.257 e. The molecule has 1 aliphatic heterocycles. The molecule has 1 fully saturated rings. The minimum absolute atomic E-state index is 0.0662. The molecule has 0 bridgehead atoms. The van der Waals surface area contributed by atoms with Crippen molar-refractivity contribution >= 4 is 38.9 Å². The number of benzene rings is 2. The molecule has 1 saturated heterocycles. The number of carbonyl (C=O) groups excluding carboxylic acids is 1. The minimum atomic E-state index is -3.68. The molecule has 0 atom stereocenters. The number of piperidine rings is 1. The zero-order valence-corrected chi connectivity index (χ0v) is 18.9. The van der Waals surface area contributed by atoms with Gasteiger partial charge in [0.15, 0.2) is 0 Å². The lowest BCUT2D eigenvalue weighted by Gasteiger charge is -2.30. The number of carbonyl (C=O) groups is 1. The number of halogens is 1. The number of methoxy groups -OCH3 is 1. The van der Waals surface area contributed by atoms with Crippen LogP contribution in [0.1, 0.15) is 29.6 Å². The first-order valence-corrected chi connectivity index (χ1v) is 11.5. The molecule has 0 spiro atoms. The highest BCUT2D eigenvalue weighted by atomic mass is 35.5. The number of hydrogen-bond donors (Lipinski definition) is 1. The average molecular weight is 452 g/mol. The van der Waals surface area contributed by atoms with Crippen LogP contribution < -0.4 is 15.0 Å². The molecule has 2 aromatic rings. The molecule has 0 radical (unpaired) electrons. The fourth-order valence-corrected chi connectivity index (χ4v) is 4.55. The quantitative estimate of drug-likeness (QED) is 0.721. The Balaban J connectivity index is 2.05. The topological polar surface area (TPSA) is 78.9 Å². The van der Waals surface area contributed by atoms with Crippen molar-refractivity contribution < 1.29 is 17.9 Å². The van der Waals surface area contributed by atoms with Crippen molar-refractivity contribution in [2.75, 3.05) is 44.5 Å². The number of nitrogens with zero attached hydrogens (tertiary/aromatic N) is 2. The molecular weight excluding hydrogens is 426 g/mol. The van der Waals surface area contributed by atoms with Gasteiger partial charge in [0.05, 0.1) is 23.3 Å². The first-order chi connectivity index (χ1) is 14.2. The summed E-state index contributed by atoms with van der Waals surface area (Å²) in [5, 5.41) is 3.27. The van der Waals surface area contributed by atoms with Gasteiger partial charge in [-0.15, -0.1) is 0 Å². The van der Waals surface area contributed by atoms with Crippen molar-refractivity contribution in [2.24, 2.45) is 0 Å². The molecule has 0 aliphatic carbocycles. The van der Waals surface area contributed by atoms with E-state index in [1.165, 1.54) is 27.3 Å². The highest BCUT2D eigenvalue weighted by Crippen LogP contribution is 2.31. The van der Waals surface area contributed by atoms with Crippen LogP contribution in [-0.2, 0) is 10.0 Å². The Bertz CT molecular complexity index is 1030. The first kappa shape index (κ1) is 22.4. The van der Waals surface area contributed by atoms with Gasteiger partial charge in [-0.2, -0.15) is 0 Å². The van der Waals surface area contributed by atoms with Gasteiger partial charge < -0.3 is 15.0 Å². The normalized spacial score (nSPS) is 14.6. The van der Waals surface area contributed by atoms with Crippen molar-refractivity contribution in [3.8, 4) is 5.75 Å². The Morgan fingerprint density at radius 1 is 1.10 bits per heavy atom. The van der Waals surface area contributed by atoms with Gasteiger partial charge in [-0.05, 0) is 55.7 Å². The average Bonchev–Trinajstić information content (AvgIpc) is 2.74. The molecule has 0 unspecified atom stereocenters. The third-order valence-electron chi connectivity index (χ3n) is 5.10. The van der Waals surface area contributed by atoms with Gasteiger partial charge in [0, 0.05) is 37.9 Å². The fraction of sp³-hybridized carbons (Fsp3) is 0.381. The van der Waals surface area contributed by atoms with Crippen LogP contribution in [0.3, 0.4) is 0 Å². The molecule has 1 amide bonds. The Morgan fingerprint density at radius 3 is 2.43 bits per heavy atom. The maximum Gasteiger partial charge on any atom is 0.257 e. The lowest BCUT2D eigenvalue weighted by atomic mass is 10.1. The highest BCUT2D eigenvalue weighted by Gasteiger charge is 2.24. The van der Waals surface area contributed by atoms with Gasteiger partial charge in [-0.3, -0.25) is 4.79 Å². The van der Waals surface area contributed by atoms with Crippen LogP contribution in [0.5, 0.6) is 5.75 Å². The summed E-state index contributed by atoms with van der Waals surface area (Å²) in [6.07, 6.45) is 3.20. The number of rotatable bonds is 6. The van der Waals surface area contributed by atoms with E-state index in [9.17, 15) is 13.2 Å². The van der Waals surface area contributed by atoms with E-state index in [1.54, 1.807) is 30.3 Å². The SMILES string of the molecule is COc1ccc(Cl)cc1NC(=O)c1cc(S(=O)(=O)N(C)C)ccc1N1CCCCC1. The van der Waals surface area contributed by atoms with Gasteiger partial charge >= 0.3 is 0 Å². The number of ether oxygens (including phenoxy) is 1. The Hall–Kier alpha value is -2.29. The van der Waals surface area contributed by atoms with Crippen molar-refractivity contribution in [1.82, 2.24) is 4.31 Å². The second-order valence-electron chi connectivity index (χ2n) is 7.31. The van der Waals surface area contributed by atoms with Crippen LogP contribution in [0.25, 0.3) is 0 Å². The van der Waals surface area contributed by atoms with E-state index in [1.807, 2.05) is 0 Å². The molecule has 162 valence electrons. The molecule has 30 heavy (non-hydrogen) atoms. The van der Waals surface area contributed by atoms with E-state index in [4.69, 9.17) is 16.3 Å². The summed E-state index contributed by atoms with van der Waals surface area (Å²) in [4.78, 5) is 15.5. The van der Waals surface area contributed by atoms with Crippen molar-refractivity contribution in [3.05, 3.63) is 47.0 Å². The lowest BCUT2D eigenvalue weighted by Crippen LogP contribution is -2.32. The maximum absolute atomic E-state index is 13.3. The maximum atomic E-state index is 13.3. The van der Waals surface area contributed by atoms with Gasteiger partial charge in [-0.1, -0.05) is 11.6 Å². The molecule has 3 rings (SSSR count). The molecule has 0 saturated carbocycles. The molecule has 1 N–H and O–H groups in total. The van der Waals surface area contributed by atoms with E-state index in [2.05, 4.69) is 10.2 Å². The van der Waals surface area contributed by atoms with Gasteiger partial charge in [-0.25, -0.2) is 12.7 Å². The van der Waals surface area contributed by atoms with E-state index in [-0.39, 0.29) is 4.90 Å². The fourth-order valence-electron chi connectivity index (χ4n) is 3.45. The molecule has 0 aromatic heterocycles. The Kier molecular flexibility index (Phi) is 6.90. The van der Waals surface area contributed by atoms with Gasteiger partial charge in [0.25, 0.3) is 5.91 Å². The molecule has 9 heteroatoms. The van der Waals surface area contributed by atoms with Crippen LogP contribution in [0.15, 0.2) is 41.3 Å². The number of amides is 1. The Morgan fingerprint density at radius 2 is 1.80 bits per heavy atom. The van der Waals surface area contributed by atoms with Crippen molar-refractivity contribution in [3.63, 3.8) is 0 Å². The summed E-state index contributed by atoms with van der Waals surface area (Å²) in [6, 6.07) is 9.63. The second-order valence-corrected chi connectivity index (χ2v) is 9.90. The standard InChI is InChI=1S/C21H26ClN3O4S/c1-24(2)30(27,28)16-8-9-19(25-11-5-4-6-12-25)17(14-16)21(26)23-18-13-15(22)7-10-20(18)29-3/h7-10,13-14H,4-6,11-12H2,1-3H3,(H,23,26). The summed E-state index contributed by atoms with van der Waals surface area (Å²) in [7, 11) is 0.744. The zero-order valence-electron chi connectivity index (χ0n) is 17.3. The molecule has 7 nitrogen and oxygen atoms in total. The van der Waals surface area contributed by atoms with Crippen LogP contribution >= 0.6 is 11.6 Å². The summed E-state index contributed by atoms with van der Waals surface area (Å²) in [5.74, 6) is 0.0382. The van der Waals surface area contributed by atoms with E-state index >= 15 is 0 Å². The largest absolute Gasteiger partial charge is 0.495 e. The van der Waals surface area contributed by atoms with E-state index in [0.717, 1.165) is 36.7 Å².